The summed E-state index contributed by atoms with van der Waals surface area (Å²) in [6.45, 7) is 2.39. The van der Waals surface area contributed by atoms with Crippen LogP contribution in [0, 0.1) is 11.3 Å². The fourth-order valence-electron chi connectivity index (χ4n) is 1.88. The maximum atomic E-state index is 12.0. The molecule has 0 bridgehead atoms. The molecule has 0 radical (unpaired) electrons. The minimum Gasteiger partial charge on any atom is -0.399 e. The van der Waals surface area contributed by atoms with E-state index in [0.717, 1.165) is 0 Å². The first kappa shape index (κ1) is 12.7. The highest BCUT2D eigenvalue weighted by atomic mass is 16.1. The number of nitrogens with one attached hydrogen (secondary N) is 1. The predicted molar refractivity (Wildman–Crippen MR) is 72.9 cm³/mol. The molecule has 5 nitrogen and oxygen atoms in total. The van der Waals surface area contributed by atoms with Gasteiger partial charge in [-0.2, -0.15) is 5.26 Å². The number of carbonyl (C=O) groups excluding carboxylic acids is 1. The minimum absolute atomic E-state index is 0.185. The van der Waals surface area contributed by atoms with Crippen LogP contribution < -0.4 is 11.1 Å². The number of benzene rings is 1. The van der Waals surface area contributed by atoms with E-state index in [9.17, 15) is 4.79 Å². The van der Waals surface area contributed by atoms with Crippen molar-refractivity contribution in [2.75, 3.05) is 12.3 Å². The minimum atomic E-state index is -0.185. The highest BCUT2D eigenvalue weighted by molar-refractivity contribution is 5.98. The van der Waals surface area contributed by atoms with E-state index in [0.29, 0.717) is 29.2 Å². The lowest BCUT2D eigenvalue weighted by atomic mass is 10.1. The maximum Gasteiger partial charge on any atom is 0.253 e. The number of nitrogens with zero attached hydrogens (tertiary/aromatic N) is 2. The SMILES string of the molecule is CCNC(=O)c1ccc(N)cc1-n1cccc1C#N. The van der Waals surface area contributed by atoms with Crippen molar-refractivity contribution in [3.05, 3.63) is 47.8 Å². The van der Waals surface area contributed by atoms with Gasteiger partial charge in [0.2, 0.25) is 0 Å². The van der Waals surface area contributed by atoms with Gasteiger partial charge in [-0.15, -0.1) is 0 Å². The fourth-order valence-corrected chi connectivity index (χ4v) is 1.88. The molecule has 1 aromatic carbocycles. The van der Waals surface area contributed by atoms with E-state index in [2.05, 4.69) is 11.4 Å². The average molecular weight is 254 g/mol. The summed E-state index contributed by atoms with van der Waals surface area (Å²) in [6.07, 6.45) is 1.73. The third-order valence-corrected chi connectivity index (χ3v) is 2.73. The molecule has 1 heterocycles. The van der Waals surface area contributed by atoms with Gasteiger partial charge in [-0.1, -0.05) is 0 Å². The number of rotatable bonds is 3. The highest BCUT2D eigenvalue weighted by Crippen LogP contribution is 2.20. The second kappa shape index (κ2) is 5.27. The molecule has 0 spiro atoms. The van der Waals surface area contributed by atoms with E-state index in [1.165, 1.54) is 0 Å². The lowest BCUT2D eigenvalue weighted by Crippen LogP contribution is -2.24. The molecule has 5 heteroatoms. The summed E-state index contributed by atoms with van der Waals surface area (Å²) >= 11 is 0. The van der Waals surface area contributed by atoms with E-state index >= 15 is 0 Å². The van der Waals surface area contributed by atoms with Crippen molar-refractivity contribution in [3.63, 3.8) is 0 Å². The van der Waals surface area contributed by atoms with Crippen molar-refractivity contribution >= 4 is 11.6 Å². The van der Waals surface area contributed by atoms with Crippen LogP contribution in [0.2, 0.25) is 0 Å². The number of carbonyl (C=O) groups is 1. The van der Waals surface area contributed by atoms with E-state index < -0.39 is 0 Å². The summed E-state index contributed by atoms with van der Waals surface area (Å²) in [7, 11) is 0. The highest BCUT2D eigenvalue weighted by Gasteiger charge is 2.14. The Balaban J connectivity index is 2.59. The molecule has 0 fully saturated rings. The van der Waals surface area contributed by atoms with Gasteiger partial charge in [-0.3, -0.25) is 4.79 Å². The zero-order valence-electron chi connectivity index (χ0n) is 10.6. The lowest BCUT2D eigenvalue weighted by Gasteiger charge is -2.12. The van der Waals surface area contributed by atoms with Crippen molar-refractivity contribution in [2.45, 2.75) is 6.92 Å². The molecular formula is C14H14N4O. The Morgan fingerprint density at radius 3 is 2.95 bits per heavy atom. The third-order valence-electron chi connectivity index (χ3n) is 2.73. The molecule has 1 amide bonds. The molecule has 0 unspecified atom stereocenters. The van der Waals surface area contributed by atoms with Crippen LogP contribution in [0.4, 0.5) is 5.69 Å². The van der Waals surface area contributed by atoms with Crippen molar-refractivity contribution in [1.29, 1.82) is 5.26 Å². The Hall–Kier alpha value is -2.74. The van der Waals surface area contributed by atoms with E-state index in [1.807, 2.05) is 6.92 Å². The third kappa shape index (κ3) is 2.43. The molecule has 2 aromatic rings. The summed E-state index contributed by atoms with van der Waals surface area (Å²) in [6, 6.07) is 10.5. The van der Waals surface area contributed by atoms with Crippen molar-refractivity contribution in [3.8, 4) is 11.8 Å². The number of nitriles is 1. The fraction of sp³-hybridized carbons (Fsp3) is 0.143. The largest absolute Gasteiger partial charge is 0.399 e. The molecule has 3 N–H and O–H groups in total. The van der Waals surface area contributed by atoms with Crippen molar-refractivity contribution in [2.24, 2.45) is 0 Å². The number of nitrogens with two attached hydrogens (primary N) is 1. The Morgan fingerprint density at radius 1 is 1.47 bits per heavy atom. The molecule has 1 aromatic heterocycles. The van der Waals surface area contributed by atoms with Crippen LogP contribution in [0.3, 0.4) is 0 Å². The monoisotopic (exact) mass is 254 g/mol. The number of amides is 1. The number of aromatic nitrogens is 1. The van der Waals surface area contributed by atoms with Crippen LogP contribution in [0.15, 0.2) is 36.5 Å². The topological polar surface area (TPSA) is 83.8 Å². The molecule has 0 atom stereocenters. The summed E-state index contributed by atoms with van der Waals surface area (Å²) < 4.78 is 1.65. The maximum absolute atomic E-state index is 12.0. The van der Waals surface area contributed by atoms with Crippen molar-refractivity contribution < 1.29 is 4.79 Å². The van der Waals surface area contributed by atoms with Gasteiger partial charge in [-0.05, 0) is 37.3 Å². The molecular weight excluding hydrogens is 240 g/mol. The normalized spacial score (nSPS) is 9.89. The van der Waals surface area contributed by atoms with E-state index in [1.54, 1.807) is 41.1 Å². The number of nitrogen functional groups attached to an aromatic ring is 1. The molecule has 0 saturated carbocycles. The molecule has 0 saturated heterocycles. The molecule has 0 aliphatic heterocycles. The number of hydrogen-bond donors (Lipinski definition) is 2. The zero-order chi connectivity index (χ0) is 13.8. The van der Waals surface area contributed by atoms with Crippen LogP contribution in [-0.2, 0) is 0 Å². The number of hydrogen-bond acceptors (Lipinski definition) is 3. The molecule has 2 rings (SSSR count). The first-order valence-corrected chi connectivity index (χ1v) is 5.93. The molecule has 19 heavy (non-hydrogen) atoms. The first-order chi connectivity index (χ1) is 9.17. The first-order valence-electron chi connectivity index (χ1n) is 5.93. The van der Waals surface area contributed by atoms with Crippen LogP contribution >= 0.6 is 0 Å². The van der Waals surface area contributed by atoms with Gasteiger partial charge in [0.05, 0.1) is 11.3 Å². The Bertz CT molecular complexity index is 652. The summed E-state index contributed by atoms with van der Waals surface area (Å²) in [5.74, 6) is -0.185. The van der Waals surface area contributed by atoms with Crippen molar-refractivity contribution in [1.82, 2.24) is 9.88 Å². The second-order valence-electron chi connectivity index (χ2n) is 4.01. The molecule has 96 valence electrons. The van der Waals surface area contributed by atoms with Gasteiger partial charge in [0.25, 0.3) is 5.91 Å². The van der Waals surface area contributed by atoms with Gasteiger partial charge < -0.3 is 15.6 Å². The molecule has 0 aliphatic rings. The van der Waals surface area contributed by atoms with Crippen LogP contribution in [0.1, 0.15) is 23.0 Å². The smallest absolute Gasteiger partial charge is 0.253 e. The van der Waals surface area contributed by atoms with Crippen LogP contribution in [-0.4, -0.2) is 17.0 Å². The van der Waals surface area contributed by atoms with E-state index in [-0.39, 0.29) is 5.91 Å². The average Bonchev–Trinajstić information content (AvgIpc) is 2.86. The van der Waals surface area contributed by atoms with Gasteiger partial charge in [0, 0.05) is 18.4 Å². The second-order valence-corrected chi connectivity index (χ2v) is 4.01. The van der Waals surface area contributed by atoms with Crippen LogP contribution in [0.5, 0.6) is 0 Å². The summed E-state index contributed by atoms with van der Waals surface area (Å²) in [5.41, 5.74) is 7.86. The zero-order valence-corrected chi connectivity index (χ0v) is 10.6. The summed E-state index contributed by atoms with van der Waals surface area (Å²) in [4.78, 5) is 12.0. The Labute approximate surface area is 111 Å². The Morgan fingerprint density at radius 2 is 2.26 bits per heavy atom. The summed E-state index contributed by atoms with van der Waals surface area (Å²) in [5, 5.41) is 11.8. The molecule has 0 aliphatic carbocycles. The van der Waals surface area contributed by atoms with Gasteiger partial charge in [0.15, 0.2) is 0 Å². The van der Waals surface area contributed by atoms with Gasteiger partial charge in [0.1, 0.15) is 11.8 Å². The standard InChI is InChI=1S/C14H14N4O/c1-2-17-14(19)12-6-5-10(16)8-13(12)18-7-3-4-11(18)9-15/h3-8H,2,16H2,1H3,(H,17,19). The Kier molecular flexibility index (Phi) is 3.53. The van der Waals surface area contributed by atoms with E-state index in [4.69, 9.17) is 11.0 Å². The lowest BCUT2D eigenvalue weighted by molar-refractivity contribution is 0.0956. The van der Waals surface area contributed by atoms with Gasteiger partial charge >= 0.3 is 0 Å². The number of anilines is 1. The van der Waals surface area contributed by atoms with Gasteiger partial charge in [-0.25, -0.2) is 0 Å². The van der Waals surface area contributed by atoms with Crippen LogP contribution in [0.25, 0.3) is 5.69 Å². The predicted octanol–water partition coefficient (Wildman–Crippen LogP) is 1.68. The quantitative estimate of drug-likeness (QED) is 0.817.